The van der Waals surface area contributed by atoms with E-state index in [1.54, 1.807) is 0 Å². The molecule has 78 valence electrons. The molecule has 0 aliphatic rings. The fourth-order valence-corrected chi connectivity index (χ4v) is 1.74. The molecule has 1 atom stereocenters. The van der Waals surface area contributed by atoms with Gasteiger partial charge in [-0.05, 0) is 31.0 Å². The molecule has 0 bridgehead atoms. The average Bonchev–Trinajstić information content (AvgIpc) is 2.13. The second-order valence-corrected chi connectivity index (χ2v) is 3.68. The minimum Gasteiger partial charge on any atom is -0.505 e. The summed E-state index contributed by atoms with van der Waals surface area (Å²) in [6, 6.07) is 2.73. The Hall–Kier alpha value is -0.800. The topological polar surface area (TPSA) is 46.2 Å². The molecule has 0 amide bonds. The first-order chi connectivity index (χ1) is 6.57. The van der Waals surface area contributed by atoms with Gasteiger partial charge in [-0.2, -0.15) is 0 Å². The lowest BCUT2D eigenvalue weighted by Gasteiger charge is -2.14. The number of nitrogens with two attached hydrogens (primary N) is 1. The van der Waals surface area contributed by atoms with E-state index in [0.717, 1.165) is 0 Å². The van der Waals surface area contributed by atoms with Crippen LogP contribution in [0.5, 0.6) is 5.75 Å². The van der Waals surface area contributed by atoms with Gasteiger partial charge in [0.15, 0.2) is 11.6 Å². The molecule has 0 saturated carbocycles. The Morgan fingerprint density at radius 1 is 1.57 bits per heavy atom. The molecule has 3 N–H and O–H groups in total. The van der Waals surface area contributed by atoms with Crippen molar-refractivity contribution < 1.29 is 9.50 Å². The third-order valence-corrected chi connectivity index (χ3v) is 2.53. The number of aromatic hydroxyl groups is 1. The second kappa shape index (κ2) is 4.62. The van der Waals surface area contributed by atoms with E-state index in [1.165, 1.54) is 12.1 Å². The summed E-state index contributed by atoms with van der Waals surface area (Å²) in [7, 11) is 0. The van der Waals surface area contributed by atoms with Gasteiger partial charge in [0.25, 0.3) is 0 Å². The van der Waals surface area contributed by atoms with Crippen molar-refractivity contribution in [3.05, 3.63) is 28.5 Å². The maximum absolute atomic E-state index is 13.5. The Labute approximate surface area is 87.5 Å². The summed E-state index contributed by atoms with van der Waals surface area (Å²) in [5.41, 5.74) is 5.72. The molecule has 1 aromatic rings. The highest BCUT2D eigenvalue weighted by atomic mass is 35.5. The van der Waals surface area contributed by atoms with Crippen molar-refractivity contribution in [3.8, 4) is 5.75 Å². The quantitative estimate of drug-likeness (QED) is 0.818. The largest absolute Gasteiger partial charge is 0.505 e. The van der Waals surface area contributed by atoms with Crippen molar-refractivity contribution in [2.24, 2.45) is 5.73 Å². The number of phenols is 1. The van der Waals surface area contributed by atoms with Crippen molar-refractivity contribution >= 4 is 11.6 Å². The van der Waals surface area contributed by atoms with E-state index >= 15 is 0 Å². The van der Waals surface area contributed by atoms with Gasteiger partial charge in [0, 0.05) is 10.6 Å². The number of hydrogen-bond acceptors (Lipinski definition) is 2. The van der Waals surface area contributed by atoms with E-state index in [-0.39, 0.29) is 11.7 Å². The molecule has 0 aliphatic heterocycles. The van der Waals surface area contributed by atoms with Gasteiger partial charge in [0.2, 0.25) is 0 Å². The fourth-order valence-electron chi connectivity index (χ4n) is 1.40. The first-order valence-corrected chi connectivity index (χ1v) is 4.82. The molecule has 2 nitrogen and oxygen atoms in total. The third kappa shape index (κ3) is 2.16. The van der Waals surface area contributed by atoms with Crippen LogP contribution in [0.4, 0.5) is 4.39 Å². The molecule has 0 aromatic heterocycles. The van der Waals surface area contributed by atoms with Gasteiger partial charge < -0.3 is 10.8 Å². The molecule has 0 fully saturated rings. The van der Waals surface area contributed by atoms with E-state index in [9.17, 15) is 9.50 Å². The summed E-state index contributed by atoms with van der Waals surface area (Å²) in [4.78, 5) is 0. The van der Waals surface area contributed by atoms with Crippen LogP contribution in [-0.2, 0) is 0 Å². The van der Waals surface area contributed by atoms with E-state index in [2.05, 4.69) is 0 Å². The highest BCUT2D eigenvalue weighted by molar-refractivity contribution is 6.31. The average molecular weight is 218 g/mol. The standard InChI is InChI=1S/C10H13ClFNO/c1-6(4-5-13)9-7(11)2-3-8(14)10(9)12/h2-3,6,14H,4-5,13H2,1H3. The van der Waals surface area contributed by atoms with Crippen LogP contribution in [0.1, 0.15) is 24.8 Å². The van der Waals surface area contributed by atoms with Crippen LogP contribution in [0.3, 0.4) is 0 Å². The molecule has 1 unspecified atom stereocenters. The zero-order valence-corrected chi connectivity index (χ0v) is 8.68. The van der Waals surface area contributed by atoms with Gasteiger partial charge in [0.05, 0.1) is 0 Å². The molecule has 1 aromatic carbocycles. The Balaban J connectivity index is 3.11. The normalized spacial score (nSPS) is 12.9. The molecule has 0 heterocycles. The maximum atomic E-state index is 13.5. The minimum atomic E-state index is -0.640. The minimum absolute atomic E-state index is 0.0837. The van der Waals surface area contributed by atoms with Gasteiger partial charge in [-0.25, -0.2) is 4.39 Å². The molecule has 0 aliphatic carbocycles. The predicted molar refractivity (Wildman–Crippen MR) is 55.2 cm³/mol. The zero-order chi connectivity index (χ0) is 10.7. The van der Waals surface area contributed by atoms with Crippen molar-refractivity contribution in [2.75, 3.05) is 6.54 Å². The number of hydrogen-bond donors (Lipinski definition) is 2. The summed E-state index contributed by atoms with van der Waals surface area (Å²) in [6.45, 7) is 2.29. The van der Waals surface area contributed by atoms with E-state index in [0.29, 0.717) is 23.6 Å². The lowest BCUT2D eigenvalue weighted by molar-refractivity contribution is 0.425. The summed E-state index contributed by atoms with van der Waals surface area (Å²) in [5.74, 6) is -1.09. The lowest BCUT2D eigenvalue weighted by Crippen LogP contribution is -2.06. The smallest absolute Gasteiger partial charge is 0.169 e. The Morgan fingerprint density at radius 2 is 2.21 bits per heavy atom. The Morgan fingerprint density at radius 3 is 2.79 bits per heavy atom. The van der Waals surface area contributed by atoms with Gasteiger partial charge in [-0.15, -0.1) is 0 Å². The Kier molecular flexibility index (Phi) is 3.72. The molecule has 1 rings (SSSR count). The first-order valence-electron chi connectivity index (χ1n) is 4.44. The lowest BCUT2D eigenvalue weighted by atomic mass is 9.97. The van der Waals surface area contributed by atoms with E-state index in [4.69, 9.17) is 17.3 Å². The highest BCUT2D eigenvalue weighted by Crippen LogP contribution is 2.33. The zero-order valence-electron chi connectivity index (χ0n) is 7.93. The SMILES string of the molecule is CC(CCN)c1c(Cl)ccc(O)c1F. The predicted octanol–water partition coefficient (Wildman–Crippen LogP) is 2.64. The Bertz CT molecular complexity index is 330. The van der Waals surface area contributed by atoms with Gasteiger partial charge in [0.1, 0.15) is 0 Å². The van der Waals surface area contributed by atoms with Crippen molar-refractivity contribution in [3.63, 3.8) is 0 Å². The molecule has 0 radical (unpaired) electrons. The number of halogens is 2. The van der Waals surface area contributed by atoms with Crippen LogP contribution in [0.2, 0.25) is 5.02 Å². The maximum Gasteiger partial charge on any atom is 0.169 e. The number of phenolic OH excluding ortho intramolecular Hbond substituents is 1. The van der Waals surface area contributed by atoms with Crippen LogP contribution in [0.25, 0.3) is 0 Å². The molecule has 0 saturated heterocycles. The van der Waals surface area contributed by atoms with Crippen LogP contribution < -0.4 is 5.73 Å². The molecular formula is C10H13ClFNO. The van der Waals surface area contributed by atoms with Crippen molar-refractivity contribution in [2.45, 2.75) is 19.3 Å². The number of benzene rings is 1. The fraction of sp³-hybridized carbons (Fsp3) is 0.400. The van der Waals surface area contributed by atoms with Crippen molar-refractivity contribution in [1.82, 2.24) is 0 Å². The summed E-state index contributed by atoms with van der Waals surface area (Å²) >= 11 is 5.84. The van der Waals surface area contributed by atoms with E-state index in [1.807, 2.05) is 6.92 Å². The number of rotatable bonds is 3. The van der Waals surface area contributed by atoms with Crippen LogP contribution in [-0.4, -0.2) is 11.7 Å². The first kappa shape index (κ1) is 11.3. The van der Waals surface area contributed by atoms with Crippen LogP contribution in [0, 0.1) is 5.82 Å². The van der Waals surface area contributed by atoms with Gasteiger partial charge in [-0.3, -0.25) is 0 Å². The summed E-state index contributed by atoms with van der Waals surface area (Å²) < 4.78 is 13.5. The molecular weight excluding hydrogens is 205 g/mol. The van der Waals surface area contributed by atoms with Crippen LogP contribution in [0.15, 0.2) is 12.1 Å². The van der Waals surface area contributed by atoms with Gasteiger partial charge >= 0.3 is 0 Å². The highest BCUT2D eigenvalue weighted by Gasteiger charge is 2.17. The van der Waals surface area contributed by atoms with E-state index < -0.39 is 5.82 Å². The van der Waals surface area contributed by atoms with Gasteiger partial charge in [-0.1, -0.05) is 18.5 Å². The van der Waals surface area contributed by atoms with Crippen LogP contribution >= 0.6 is 11.6 Å². The second-order valence-electron chi connectivity index (χ2n) is 3.27. The third-order valence-electron chi connectivity index (χ3n) is 2.20. The molecule has 14 heavy (non-hydrogen) atoms. The summed E-state index contributed by atoms with van der Waals surface area (Å²) in [5, 5.41) is 9.51. The molecule has 0 spiro atoms. The molecule has 4 heteroatoms. The van der Waals surface area contributed by atoms with Crippen molar-refractivity contribution in [1.29, 1.82) is 0 Å². The summed E-state index contributed by atoms with van der Waals surface area (Å²) in [6.07, 6.45) is 0.639. The monoisotopic (exact) mass is 217 g/mol.